The second kappa shape index (κ2) is 7.56. The average molecular weight is 348 g/mol. The highest BCUT2D eigenvalue weighted by Gasteiger charge is 2.22. The Balaban J connectivity index is 2.34. The summed E-state index contributed by atoms with van der Waals surface area (Å²) in [6.07, 6.45) is 1.32. The first kappa shape index (κ1) is 17.9. The molecule has 1 aromatic heterocycles. The topological polar surface area (TPSA) is 55.1 Å². The number of aromatic hydroxyl groups is 1. The maximum Gasteiger partial charge on any atom is 0.257 e. The predicted octanol–water partition coefficient (Wildman–Crippen LogP) is 4.35. The van der Waals surface area contributed by atoms with Crippen molar-refractivity contribution in [1.29, 1.82) is 0 Å². The smallest absolute Gasteiger partial charge is 0.257 e. The summed E-state index contributed by atoms with van der Waals surface area (Å²) >= 11 is 0. The number of benzene rings is 2. The minimum absolute atomic E-state index is 0.0334. The SMILES string of the molecule is CCc1nc(-c2ccccc2O)n(C(C)c2ccccc2)c(=O)c1CC. The highest BCUT2D eigenvalue weighted by Crippen LogP contribution is 2.30. The number of hydrogen-bond donors (Lipinski definition) is 1. The van der Waals surface area contributed by atoms with Crippen LogP contribution in [0, 0.1) is 0 Å². The molecule has 4 heteroatoms. The lowest BCUT2D eigenvalue weighted by atomic mass is 10.0. The van der Waals surface area contributed by atoms with E-state index >= 15 is 0 Å². The number of phenols is 1. The molecule has 0 spiro atoms. The Labute approximate surface area is 153 Å². The first-order valence-electron chi connectivity index (χ1n) is 9.06. The Morgan fingerprint density at radius 1 is 1.00 bits per heavy atom. The van der Waals surface area contributed by atoms with Crippen LogP contribution in [0.1, 0.15) is 43.6 Å². The third-order valence-corrected chi connectivity index (χ3v) is 4.80. The molecule has 2 aromatic carbocycles. The molecule has 3 rings (SSSR count). The van der Waals surface area contributed by atoms with Crippen LogP contribution in [0.3, 0.4) is 0 Å². The van der Waals surface area contributed by atoms with E-state index in [1.54, 1.807) is 22.8 Å². The lowest BCUT2D eigenvalue weighted by Gasteiger charge is -2.22. The summed E-state index contributed by atoms with van der Waals surface area (Å²) in [5.74, 6) is 0.637. The third kappa shape index (κ3) is 3.15. The standard InChI is InChI=1S/C22H24N2O2/c1-4-17-19(5-2)23-21(18-13-9-10-14-20(18)25)24(22(17)26)15(3)16-11-7-6-8-12-16/h6-15,25H,4-5H2,1-3H3. The Kier molecular flexibility index (Phi) is 5.21. The van der Waals surface area contributed by atoms with Gasteiger partial charge in [-0.1, -0.05) is 56.3 Å². The van der Waals surface area contributed by atoms with Crippen molar-refractivity contribution in [2.75, 3.05) is 0 Å². The van der Waals surface area contributed by atoms with Gasteiger partial charge in [-0.05, 0) is 37.5 Å². The van der Waals surface area contributed by atoms with Gasteiger partial charge >= 0.3 is 0 Å². The van der Waals surface area contributed by atoms with Crippen LogP contribution in [-0.2, 0) is 12.8 Å². The fourth-order valence-electron chi connectivity index (χ4n) is 3.35. The molecule has 0 saturated carbocycles. The monoisotopic (exact) mass is 348 g/mol. The number of aromatic nitrogens is 2. The lowest BCUT2D eigenvalue weighted by molar-refractivity contribution is 0.475. The van der Waals surface area contributed by atoms with Crippen molar-refractivity contribution in [1.82, 2.24) is 9.55 Å². The second-order valence-electron chi connectivity index (χ2n) is 6.35. The number of phenolic OH excluding ortho intramolecular Hbond substituents is 1. The number of para-hydroxylation sites is 1. The van der Waals surface area contributed by atoms with Crippen molar-refractivity contribution in [2.45, 2.75) is 39.7 Å². The number of rotatable bonds is 5. The molecule has 1 unspecified atom stereocenters. The predicted molar refractivity (Wildman–Crippen MR) is 105 cm³/mol. The average Bonchev–Trinajstić information content (AvgIpc) is 2.67. The molecule has 0 aliphatic carbocycles. The van der Waals surface area contributed by atoms with Crippen molar-refractivity contribution in [3.05, 3.63) is 81.8 Å². The number of nitrogens with zero attached hydrogens (tertiary/aromatic N) is 2. The molecule has 1 atom stereocenters. The molecule has 4 nitrogen and oxygen atoms in total. The fourth-order valence-corrected chi connectivity index (χ4v) is 3.35. The maximum absolute atomic E-state index is 13.3. The minimum atomic E-state index is -0.193. The molecule has 0 amide bonds. The van der Waals surface area contributed by atoms with Gasteiger partial charge in [-0.15, -0.1) is 0 Å². The van der Waals surface area contributed by atoms with E-state index in [0.29, 0.717) is 24.2 Å². The Morgan fingerprint density at radius 2 is 1.65 bits per heavy atom. The summed E-state index contributed by atoms with van der Waals surface area (Å²) in [6, 6.07) is 16.7. The van der Waals surface area contributed by atoms with Crippen molar-refractivity contribution in [3.63, 3.8) is 0 Å². The fraction of sp³-hybridized carbons (Fsp3) is 0.273. The molecule has 3 aromatic rings. The quantitative estimate of drug-likeness (QED) is 0.746. The molecule has 0 aliphatic rings. The van der Waals surface area contributed by atoms with Crippen LogP contribution in [0.5, 0.6) is 5.75 Å². The van der Waals surface area contributed by atoms with E-state index in [9.17, 15) is 9.90 Å². The zero-order valence-electron chi connectivity index (χ0n) is 15.4. The highest BCUT2D eigenvalue weighted by atomic mass is 16.3. The number of aryl methyl sites for hydroxylation is 1. The Morgan fingerprint density at radius 3 is 2.27 bits per heavy atom. The van der Waals surface area contributed by atoms with E-state index in [1.165, 1.54) is 0 Å². The first-order valence-corrected chi connectivity index (χ1v) is 9.06. The summed E-state index contributed by atoms with van der Waals surface area (Å²) in [7, 11) is 0. The van der Waals surface area contributed by atoms with E-state index in [4.69, 9.17) is 4.98 Å². The van der Waals surface area contributed by atoms with E-state index in [2.05, 4.69) is 0 Å². The van der Waals surface area contributed by atoms with Crippen molar-refractivity contribution in [3.8, 4) is 17.1 Å². The van der Waals surface area contributed by atoms with Gasteiger partial charge in [0.1, 0.15) is 11.6 Å². The van der Waals surface area contributed by atoms with Gasteiger partial charge in [0, 0.05) is 5.56 Å². The maximum atomic E-state index is 13.3. The Hall–Kier alpha value is -2.88. The molecule has 0 fully saturated rings. The van der Waals surface area contributed by atoms with Gasteiger partial charge in [0.05, 0.1) is 17.3 Å². The van der Waals surface area contributed by atoms with Crippen molar-refractivity contribution < 1.29 is 5.11 Å². The molecule has 1 N–H and O–H groups in total. The van der Waals surface area contributed by atoms with Crippen molar-refractivity contribution >= 4 is 0 Å². The minimum Gasteiger partial charge on any atom is -0.507 e. The second-order valence-corrected chi connectivity index (χ2v) is 6.35. The highest BCUT2D eigenvalue weighted by molar-refractivity contribution is 5.64. The normalized spacial score (nSPS) is 12.1. The van der Waals surface area contributed by atoms with Gasteiger partial charge in [-0.2, -0.15) is 0 Å². The van der Waals surface area contributed by atoms with Gasteiger partial charge in [0.25, 0.3) is 5.56 Å². The zero-order valence-corrected chi connectivity index (χ0v) is 15.4. The molecule has 0 aliphatic heterocycles. The summed E-state index contributed by atoms with van der Waals surface area (Å²) in [4.78, 5) is 18.1. The van der Waals surface area contributed by atoms with E-state index in [1.807, 2.05) is 57.2 Å². The largest absolute Gasteiger partial charge is 0.507 e. The van der Waals surface area contributed by atoms with Crippen LogP contribution in [0.2, 0.25) is 0 Å². The van der Waals surface area contributed by atoms with Crippen LogP contribution < -0.4 is 5.56 Å². The van der Waals surface area contributed by atoms with Gasteiger partial charge < -0.3 is 5.11 Å². The molecular weight excluding hydrogens is 324 g/mol. The van der Waals surface area contributed by atoms with Crippen molar-refractivity contribution in [2.24, 2.45) is 0 Å². The van der Waals surface area contributed by atoms with Crippen LogP contribution >= 0.6 is 0 Å². The molecular formula is C22H24N2O2. The van der Waals surface area contributed by atoms with Gasteiger partial charge in [-0.3, -0.25) is 9.36 Å². The lowest BCUT2D eigenvalue weighted by Crippen LogP contribution is -2.31. The molecule has 134 valence electrons. The summed E-state index contributed by atoms with van der Waals surface area (Å²) < 4.78 is 1.71. The third-order valence-electron chi connectivity index (χ3n) is 4.80. The van der Waals surface area contributed by atoms with Crippen LogP contribution in [0.4, 0.5) is 0 Å². The zero-order chi connectivity index (χ0) is 18.7. The molecule has 0 radical (unpaired) electrons. The van der Waals surface area contributed by atoms with Gasteiger partial charge in [0.2, 0.25) is 0 Å². The number of hydrogen-bond acceptors (Lipinski definition) is 3. The molecule has 26 heavy (non-hydrogen) atoms. The van der Waals surface area contributed by atoms with E-state index < -0.39 is 0 Å². The van der Waals surface area contributed by atoms with E-state index in [-0.39, 0.29) is 17.4 Å². The van der Waals surface area contributed by atoms with Crippen LogP contribution in [0.15, 0.2) is 59.4 Å². The molecule has 0 bridgehead atoms. The van der Waals surface area contributed by atoms with Gasteiger partial charge in [0.15, 0.2) is 0 Å². The molecule has 1 heterocycles. The first-order chi connectivity index (χ1) is 12.6. The summed E-state index contributed by atoms with van der Waals surface area (Å²) in [5, 5.41) is 10.4. The summed E-state index contributed by atoms with van der Waals surface area (Å²) in [6.45, 7) is 5.97. The van der Waals surface area contributed by atoms with Crippen LogP contribution in [-0.4, -0.2) is 14.7 Å². The van der Waals surface area contributed by atoms with Gasteiger partial charge in [-0.25, -0.2) is 4.98 Å². The molecule has 0 saturated heterocycles. The van der Waals surface area contributed by atoms with Crippen LogP contribution in [0.25, 0.3) is 11.4 Å². The Bertz CT molecular complexity index is 962. The van der Waals surface area contributed by atoms with E-state index in [0.717, 1.165) is 16.8 Å². The summed E-state index contributed by atoms with van der Waals surface area (Å²) in [5.41, 5.74) is 3.11.